The number of hydrogen-bond donors (Lipinski definition) is 1. The molecule has 1 N–H and O–H groups in total. The van der Waals surface area contributed by atoms with Gasteiger partial charge in [0.2, 0.25) is 0 Å². The average Bonchev–Trinajstić information content (AvgIpc) is 1.83. The molecule has 0 aromatic heterocycles. The Morgan fingerprint density at radius 2 is 2.50 bits per heavy atom. The number of nitrogens with one attached hydrogen (secondary N) is 1. The van der Waals surface area contributed by atoms with Crippen molar-refractivity contribution in [2.45, 2.75) is 13.3 Å². The molecule has 0 aliphatic carbocycles. The largest absolute Gasteiger partial charge is 0.255 e. The Morgan fingerprint density at radius 1 is 1.88 bits per heavy atom. The fourth-order valence-electron chi connectivity index (χ4n) is 0.411. The second-order valence-corrected chi connectivity index (χ2v) is 1.45. The van der Waals surface area contributed by atoms with Crippen LogP contribution in [-0.2, 0) is 0 Å². The Kier molecular flexibility index (Phi) is 3.84. The highest BCUT2D eigenvalue weighted by atomic mass is 15.5. The van der Waals surface area contributed by atoms with Crippen molar-refractivity contribution >= 4 is 0 Å². The van der Waals surface area contributed by atoms with Crippen molar-refractivity contribution in [1.82, 2.24) is 5.01 Å². The van der Waals surface area contributed by atoms with Gasteiger partial charge in [0.05, 0.1) is 0 Å². The van der Waals surface area contributed by atoms with Crippen LogP contribution in [0, 0.1) is 5.53 Å². The summed E-state index contributed by atoms with van der Waals surface area (Å²) in [5, 5.41) is 4.65. The van der Waals surface area contributed by atoms with Crippen molar-refractivity contribution in [1.29, 1.82) is 5.53 Å². The number of rotatable bonds is 4. The van der Waals surface area contributed by atoms with E-state index in [-0.39, 0.29) is 0 Å². The topological polar surface area (TPSA) is 39.5 Å². The summed E-state index contributed by atoms with van der Waals surface area (Å²) in [7, 11) is 0. The van der Waals surface area contributed by atoms with Crippen LogP contribution < -0.4 is 0 Å². The number of nitrogens with zero attached hydrogens (tertiary/aromatic N) is 2. The smallest absolute Gasteiger partial charge is 0.0423 e. The molecule has 0 fully saturated rings. The zero-order valence-corrected chi connectivity index (χ0v) is 5.09. The maximum Gasteiger partial charge on any atom is 0.0423 e. The molecular formula is C5H11N3. The summed E-state index contributed by atoms with van der Waals surface area (Å²) in [6.07, 6.45) is 2.53. The summed E-state index contributed by atoms with van der Waals surface area (Å²) in [6.45, 7) is 6.28. The molecule has 0 rings (SSSR count). The molecule has 0 saturated heterocycles. The van der Waals surface area contributed by atoms with Gasteiger partial charge in [-0.3, -0.25) is 5.01 Å². The van der Waals surface area contributed by atoms with Crippen LogP contribution in [0.5, 0.6) is 0 Å². The zero-order valence-electron chi connectivity index (χ0n) is 5.09. The molecule has 0 aromatic rings. The Hall–Kier alpha value is -0.860. The first-order chi connectivity index (χ1) is 3.85. The molecule has 0 atom stereocenters. The zero-order chi connectivity index (χ0) is 6.41. The van der Waals surface area contributed by atoms with E-state index in [1.165, 1.54) is 11.2 Å². The van der Waals surface area contributed by atoms with Crippen molar-refractivity contribution < 1.29 is 0 Å². The molecule has 0 radical (unpaired) electrons. The van der Waals surface area contributed by atoms with Crippen molar-refractivity contribution in [3.8, 4) is 0 Å². The lowest BCUT2D eigenvalue weighted by atomic mass is 10.5. The minimum Gasteiger partial charge on any atom is -0.255 e. The molecule has 0 heterocycles. The third-order valence-corrected chi connectivity index (χ3v) is 0.792. The van der Waals surface area contributed by atoms with Gasteiger partial charge in [0.25, 0.3) is 0 Å². The first-order valence-electron chi connectivity index (χ1n) is 2.61. The van der Waals surface area contributed by atoms with Gasteiger partial charge in [-0.1, -0.05) is 18.7 Å². The molecule has 0 unspecified atom stereocenters. The highest BCUT2D eigenvalue weighted by Crippen LogP contribution is 1.89. The van der Waals surface area contributed by atoms with Gasteiger partial charge in [-0.05, 0) is 6.42 Å². The van der Waals surface area contributed by atoms with Crippen molar-refractivity contribution in [3.63, 3.8) is 0 Å². The fourth-order valence-corrected chi connectivity index (χ4v) is 0.411. The van der Waals surface area contributed by atoms with Gasteiger partial charge in [0, 0.05) is 12.7 Å². The Morgan fingerprint density at radius 3 is 2.62 bits per heavy atom. The van der Waals surface area contributed by atoms with Crippen LogP contribution in [0.2, 0.25) is 0 Å². The van der Waals surface area contributed by atoms with Crippen LogP contribution in [0.3, 0.4) is 0 Å². The lowest BCUT2D eigenvalue weighted by molar-refractivity contribution is 0.363. The van der Waals surface area contributed by atoms with E-state index in [4.69, 9.17) is 5.53 Å². The third-order valence-electron chi connectivity index (χ3n) is 0.792. The van der Waals surface area contributed by atoms with Gasteiger partial charge in [0.1, 0.15) is 0 Å². The first-order valence-corrected chi connectivity index (χ1v) is 2.61. The Bertz CT molecular complexity index is 71.7. The molecule has 46 valence electrons. The maximum atomic E-state index is 6.54. The van der Waals surface area contributed by atoms with Crippen LogP contribution in [0.25, 0.3) is 0 Å². The Labute approximate surface area is 49.5 Å². The SMILES string of the molecule is C=CN(CCC)N=N. The van der Waals surface area contributed by atoms with Gasteiger partial charge < -0.3 is 0 Å². The fraction of sp³-hybridized carbons (Fsp3) is 0.600. The standard InChI is InChI=1S/C5H11N3/c1-3-5-8(4-2)7-6/h4,6H,2-3,5H2,1H3. The monoisotopic (exact) mass is 113 g/mol. The van der Waals surface area contributed by atoms with E-state index in [0.717, 1.165) is 13.0 Å². The summed E-state index contributed by atoms with van der Waals surface area (Å²) >= 11 is 0. The quantitative estimate of drug-likeness (QED) is 0.438. The lowest BCUT2D eigenvalue weighted by Crippen LogP contribution is -2.07. The van der Waals surface area contributed by atoms with E-state index in [1.54, 1.807) is 0 Å². The molecule has 0 amide bonds. The normalized spacial score (nSPS) is 8.12. The molecule has 0 spiro atoms. The van der Waals surface area contributed by atoms with Crippen LogP contribution in [0.15, 0.2) is 18.0 Å². The third kappa shape index (κ3) is 2.34. The van der Waals surface area contributed by atoms with Gasteiger partial charge in [-0.2, -0.15) is 5.53 Å². The summed E-state index contributed by atoms with van der Waals surface area (Å²) in [4.78, 5) is 0. The molecule has 3 nitrogen and oxygen atoms in total. The van der Waals surface area contributed by atoms with Crippen molar-refractivity contribution in [2.75, 3.05) is 6.54 Å². The predicted molar refractivity (Wildman–Crippen MR) is 32.3 cm³/mol. The summed E-state index contributed by atoms with van der Waals surface area (Å²) in [5.41, 5.74) is 6.54. The molecule has 0 bridgehead atoms. The highest BCUT2D eigenvalue weighted by molar-refractivity contribution is 4.63. The van der Waals surface area contributed by atoms with E-state index in [0.29, 0.717) is 0 Å². The van der Waals surface area contributed by atoms with E-state index in [2.05, 4.69) is 11.8 Å². The van der Waals surface area contributed by atoms with Gasteiger partial charge in [-0.25, -0.2) is 0 Å². The molecule has 0 aromatic carbocycles. The summed E-state index contributed by atoms with van der Waals surface area (Å²) in [6, 6.07) is 0. The molecular weight excluding hydrogens is 102 g/mol. The van der Waals surface area contributed by atoms with Gasteiger partial charge >= 0.3 is 0 Å². The second kappa shape index (κ2) is 4.30. The van der Waals surface area contributed by atoms with Crippen LogP contribution in [-0.4, -0.2) is 11.6 Å². The molecule has 0 aliphatic rings. The summed E-state index contributed by atoms with van der Waals surface area (Å²) < 4.78 is 0. The van der Waals surface area contributed by atoms with E-state index in [9.17, 15) is 0 Å². The highest BCUT2D eigenvalue weighted by Gasteiger charge is 1.87. The molecule has 3 heteroatoms. The van der Waals surface area contributed by atoms with Gasteiger partial charge in [-0.15, -0.1) is 0 Å². The predicted octanol–water partition coefficient (Wildman–Crippen LogP) is 1.79. The Balaban J connectivity index is 3.35. The van der Waals surface area contributed by atoms with E-state index >= 15 is 0 Å². The van der Waals surface area contributed by atoms with E-state index < -0.39 is 0 Å². The minimum atomic E-state index is 0.785. The van der Waals surface area contributed by atoms with E-state index in [1.807, 2.05) is 6.92 Å². The van der Waals surface area contributed by atoms with Crippen LogP contribution in [0.1, 0.15) is 13.3 Å². The van der Waals surface area contributed by atoms with Gasteiger partial charge in [0.15, 0.2) is 0 Å². The molecule has 8 heavy (non-hydrogen) atoms. The van der Waals surface area contributed by atoms with Crippen LogP contribution in [0.4, 0.5) is 0 Å². The molecule has 0 aliphatic heterocycles. The lowest BCUT2D eigenvalue weighted by Gasteiger charge is -2.07. The first kappa shape index (κ1) is 7.14. The second-order valence-electron chi connectivity index (χ2n) is 1.45. The van der Waals surface area contributed by atoms with Crippen LogP contribution >= 0.6 is 0 Å². The summed E-state index contributed by atoms with van der Waals surface area (Å²) in [5.74, 6) is 0. The maximum absolute atomic E-state index is 6.54. The van der Waals surface area contributed by atoms with Crippen molar-refractivity contribution in [2.24, 2.45) is 5.22 Å². The molecule has 0 saturated carbocycles. The number of hydrogen-bond acceptors (Lipinski definition) is 2. The minimum absolute atomic E-state index is 0.785. The van der Waals surface area contributed by atoms with Crippen molar-refractivity contribution in [3.05, 3.63) is 12.8 Å². The average molecular weight is 113 g/mol.